The van der Waals surface area contributed by atoms with Crippen molar-refractivity contribution in [2.75, 3.05) is 32.7 Å². The molecule has 0 aliphatic carbocycles. The zero-order valence-electron chi connectivity index (χ0n) is 12.7. The Morgan fingerprint density at radius 1 is 1.19 bits per heavy atom. The molecule has 0 amide bonds. The van der Waals surface area contributed by atoms with Crippen molar-refractivity contribution in [2.45, 2.75) is 37.8 Å². The van der Waals surface area contributed by atoms with E-state index in [1.54, 1.807) is 0 Å². The van der Waals surface area contributed by atoms with E-state index in [9.17, 15) is 0 Å². The molecule has 3 rings (SSSR count). The van der Waals surface area contributed by atoms with Crippen molar-refractivity contribution in [3.8, 4) is 0 Å². The van der Waals surface area contributed by atoms with Crippen LogP contribution < -0.4 is 5.73 Å². The van der Waals surface area contributed by atoms with E-state index in [1.807, 2.05) is 24.3 Å². The lowest BCUT2D eigenvalue weighted by Gasteiger charge is -2.44. The van der Waals surface area contributed by atoms with Crippen LogP contribution in [0.1, 0.15) is 37.3 Å². The molecular formula is C17H26ClN3. The number of piperidine rings is 1. The minimum atomic E-state index is 0.0445. The van der Waals surface area contributed by atoms with Gasteiger partial charge >= 0.3 is 0 Å². The van der Waals surface area contributed by atoms with Crippen LogP contribution in [0.15, 0.2) is 24.3 Å². The molecule has 0 radical (unpaired) electrons. The molecule has 0 spiro atoms. The average Bonchev–Trinajstić information content (AvgIpc) is 2.53. The minimum absolute atomic E-state index is 0.0445. The van der Waals surface area contributed by atoms with Crippen LogP contribution in [0.25, 0.3) is 0 Å². The Kier molecular flexibility index (Phi) is 5.17. The number of fused-ring (bicyclic) bond motifs is 1. The normalized spacial score (nSPS) is 25.5. The molecule has 116 valence electrons. The molecule has 2 atom stereocenters. The molecule has 2 fully saturated rings. The first-order valence-corrected chi connectivity index (χ1v) is 8.58. The highest BCUT2D eigenvalue weighted by Crippen LogP contribution is 2.25. The van der Waals surface area contributed by atoms with E-state index >= 15 is 0 Å². The van der Waals surface area contributed by atoms with Gasteiger partial charge in [0, 0.05) is 43.3 Å². The van der Waals surface area contributed by atoms with Crippen LogP contribution in [0.2, 0.25) is 5.02 Å². The molecule has 0 bridgehead atoms. The maximum absolute atomic E-state index is 6.32. The number of hydrogen-bond acceptors (Lipinski definition) is 3. The fourth-order valence-corrected chi connectivity index (χ4v) is 3.95. The Hall–Kier alpha value is -0.610. The Bertz CT molecular complexity index is 465. The average molecular weight is 308 g/mol. The Morgan fingerprint density at radius 2 is 2.05 bits per heavy atom. The Balaban J connectivity index is 1.50. The second-order valence-electron chi connectivity index (χ2n) is 6.40. The van der Waals surface area contributed by atoms with Crippen molar-refractivity contribution < 1.29 is 0 Å². The molecule has 21 heavy (non-hydrogen) atoms. The van der Waals surface area contributed by atoms with Crippen molar-refractivity contribution in [3.63, 3.8) is 0 Å². The molecule has 4 heteroatoms. The Labute approximate surface area is 133 Å². The summed E-state index contributed by atoms with van der Waals surface area (Å²) in [6, 6.07) is 8.78. The van der Waals surface area contributed by atoms with E-state index in [1.165, 1.54) is 45.4 Å². The zero-order valence-corrected chi connectivity index (χ0v) is 13.4. The second-order valence-corrected chi connectivity index (χ2v) is 6.81. The number of rotatable bonds is 4. The number of hydrogen-bond donors (Lipinski definition) is 1. The molecule has 2 heterocycles. The lowest BCUT2D eigenvalue weighted by molar-refractivity contribution is 0.0481. The molecular weight excluding hydrogens is 282 g/mol. The van der Waals surface area contributed by atoms with Gasteiger partial charge in [0.1, 0.15) is 0 Å². The van der Waals surface area contributed by atoms with Crippen molar-refractivity contribution in [1.29, 1.82) is 0 Å². The van der Waals surface area contributed by atoms with Gasteiger partial charge in [0.25, 0.3) is 0 Å². The van der Waals surface area contributed by atoms with Crippen LogP contribution in [0.3, 0.4) is 0 Å². The standard InChI is InChI=1S/C17H26ClN3/c18-16-7-2-1-6-15(16)17(19)8-10-20-11-12-21-9-4-3-5-14(21)13-20/h1-2,6-7,14,17H,3-5,8-13,19H2. The first kappa shape index (κ1) is 15.3. The summed E-state index contributed by atoms with van der Waals surface area (Å²) in [5.74, 6) is 0. The quantitative estimate of drug-likeness (QED) is 0.928. The third kappa shape index (κ3) is 3.78. The van der Waals surface area contributed by atoms with Gasteiger partial charge < -0.3 is 10.6 Å². The summed E-state index contributed by atoms with van der Waals surface area (Å²) >= 11 is 6.23. The van der Waals surface area contributed by atoms with E-state index in [0.717, 1.165) is 29.6 Å². The highest BCUT2D eigenvalue weighted by atomic mass is 35.5. The van der Waals surface area contributed by atoms with Crippen LogP contribution in [-0.2, 0) is 0 Å². The highest BCUT2D eigenvalue weighted by molar-refractivity contribution is 6.31. The van der Waals surface area contributed by atoms with Crippen LogP contribution in [0.5, 0.6) is 0 Å². The van der Waals surface area contributed by atoms with Crippen molar-refractivity contribution in [2.24, 2.45) is 5.73 Å². The lowest BCUT2D eigenvalue weighted by Crippen LogP contribution is -2.54. The maximum atomic E-state index is 6.32. The van der Waals surface area contributed by atoms with Gasteiger partial charge in [0.15, 0.2) is 0 Å². The lowest BCUT2D eigenvalue weighted by atomic mass is 9.99. The van der Waals surface area contributed by atoms with E-state index < -0.39 is 0 Å². The van der Waals surface area contributed by atoms with Crippen molar-refractivity contribution in [3.05, 3.63) is 34.9 Å². The third-order valence-electron chi connectivity index (χ3n) is 4.98. The zero-order chi connectivity index (χ0) is 14.7. The monoisotopic (exact) mass is 307 g/mol. The first-order chi connectivity index (χ1) is 10.2. The summed E-state index contributed by atoms with van der Waals surface area (Å²) in [6.45, 7) is 6.02. The molecule has 0 saturated carbocycles. The summed E-state index contributed by atoms with van der Waals surface area (Å²) in [7, 11) is 0. The van der Waals surface area contributed by atoms with Gasteiger partial charge in [-0.05, 0) is 37.4 Å². The van der Waals surface area contributed by atoms with E-state index in [4.69, 9.17) is 17.3 Å². The molecule has 3 nitrogen and oxygen atoms in total. The van der Waals surface area contributed by atoms with Gasteiger partial charge in [-0.25, -0.2) is 0 Å². The predicted molar refractivity (Wildman–Crippen MR) is 88.6 cm³/mol. The molecule has 1 aromatic carbocycles. The summed E-state index contributed by atoms with van der Waals surface area (Å²) in [5, 5.41) is 0.794. The van der Waals surface area contributed by atoms with Crippen LogP contribution in [-0.4, -0.2) is 48.6 Å². The van der Waals surface area contributed by atoms with Gasteiger partial charge in [0.2, 0.25) is 0 Å². The SMILES string of the molecule is NC(CCN1CCN2CCCCC2C1)c1ccccc1Cl. The fraction of sp³-hybridized carbons (Fsp3) is 0.647. The number of nitrogens with zero attached hydrogens (tertiary/aromatic N) is 2. The number of benzene rings is 1. The molecule has 2 N–H and O–H groups in total. The van der Waals surface area contributed by atoms with Gasteiger partial charge in [-0.3, -0.25) is 4.90 Å². The van der Waals surface area contributed by atoms with Crippen LogP contribution >= 0.6 is 11.6 Å². The molecule has 0 aromatic heterocycles. The van der Waals surface area contributed by atoms with Crippen LogP contribution in [0, 0.1) is 0 Å². The minimum Gasteiger partial charge on any atom is -0.324 e. The first-order valence-electron chi connectivity index (χ1n) is 8.20. The molecule has 2 saturated heterocycles. The Morgan fingerprint density at radius 3 is 2.90 bits per heavy atom. The molecule has 1 aromatic rings. The molecule has 2 aliphatic rings. The highest BCUT2D eigenvalue weighted by Gasteiger charge is 2.28. The summed E-state index contributed by atoms with van der Waals surface area (Å²) in [5.41, 5.74) is 7.40. The van der Waals surface area contributed by atoms with Gasteiger partial charge in [-0.15, -0.1) is 0 Å². The van der Waals surface area contributed by atoms with E-state index in [-0.39, 0.29) is 6.04 Å². The summed E-state index contributed by atoms with van der Waals surface area (Å²) in [4.78, 5) is 5.26. The second kappa shape index (κ2) is 7.10. The molecule has 2 aliphatic heterocycles. The largest absolute Gasteiger partial charge is 0.324 e. The fourth-order valence-electron chi connectivity index (χ4n) is 3.68. The van der Waals surface area contributed by atoms with Crippen molar-refractivity contribution >= 4 is 11.6 Å². The number of nitrogens with two attached hydrogens (primary N) is 1. The smallest absolute Gasteiger partial charge is 0.0453 e. The molecule has 2 unspecified atom stereocenters. The summed E-state index contributed by atoms with van der Waals surface area (Å²) in [6.07, 6.45) is 5.13. The predicted octanol–water partition coefficient (Wildman–Crippen LogP) is 2.90. The third-order valence-corrected chi connectivity index (χ3v) is 5.33. The van der Waals surface area contributed by atoms with Crippen LogP contribution in [0.4, 0.5) is 0 Å². The van der Waals surface area contributed by atoms with E-state index in [2.05, 4.69) is 9.80 Å². The number of halogens is 1. The number of piperazine rings is 1. The van der Waals surface area contributed by atoms with Gasteiger partial charge in [-0.2, -0.15) is 0 Å². The van der Waals surface area contributed by atoms with Crippen molar-refractivity contribution in [1.82, 2.24) is 9.80 Å². The van der Waals surface area contributed by atoms with E-state index in [0.29, 0.717) is 0 Å². The maximum Gasteiger partial charge on any atom is 0.0453 e. The summed E-state index contributed by atoms with van der Waals surface area (Å²) < 4.78 is 0. The topological polar surface area (TPSA) is 32.5 Å². The van der Waals surface area contributed by atoms with Gasteiger partial charge in [-0.1, -0.05) is 36.2 Å². The van der Waals surface area contributed by atoms with Gasteiger partial charge in [0.05, 0.1) is 0 Å².